The molecule has 6 nitrogen and oxygen atoms in total. The van der Waals surface area contributed by atoms with Crippen molar-refractivity contribution >= 4 is 23.7 Å². The van der Waals surface area contributed by atoms with Crippen LogP contribution in [0.25, 0.3) is 0 Å². The molecule has 0 spiro atoms. The van der Waals surface area contributed by atoms with Crippen LogP contribution in [0.1, 0.15) is 17.9 Å². The van der Waals surface area contributed by atoms with Crippen molar-refractivity contribution in [2.45, 2.75) is 17.7 Å². The number of benzene rings is 2. The molecule has 1 aromatic heterocycles. The molecule has 0 aliphatic carbocycles. The summed E-state index contributed by atoms with van der Waals surface area (Å²) in [6, 6.07) is 13.7. The molecule has 0 radical (unpaired) electrons. The van der Waals surface area contributed by atoms with Gasteiger partial charge < -0.3 is 9.15 Å². The zero-order valence-electron chi connectivity index (χ0n) is 14.6. The summed E-state index contributed by atoms with van der Waals surface area (Å²) in [5.74, 6) is 1.27. The lowest BCUT2D eigenvalue weighted by atomic mass is 10.1. The number of carbonyl (C=O) groups excluding carboxylic acids is 1. The average molecular weight is 387 g/mol. The van der Waals surface area contributed by atoms with Crippen LogP contribution in [0.5, 0.6) is 5.75 Å². The molecule has 1 N–H and O–H groups in total. The second-order valence-electron chi connectivity index (χ2n) is 5.63. The Morgan fingerprint density at radius 2 is 1.89 bits per heavy atom. The van der Waals surface area contributed by atoms with E-state index in [1.54, 1.807) is 31.0 Å². The molecule has 0 atom stereocenters. The van der Waals surface area contributed by atoms with Crippen LogP contribution in [-0.2, 0) is 11.2 Å². The zero-order valence-corrected chi connectivity index (χ0v) is 15.5. The normalized spacial score (nSPS) is 10.6. The van der Waals surface area contributed by atoms with Gasteiger partial charge in [-0.3, -0.25) is 10.1 Å². The minimum atomic E-state index is -0.301. The summed E-state index contributed by atoms with van der Waals surface area (Å²) in [6.07, 6.45) is 0.683. The minimum absolute atomic E-state index is 0.0616. The number of aromatic nitrogens is 2. The van der Waals surface area contributed by atoms with E-state index in [1.807, 2.05) is 24.3 Å². The molecule has 1 amide bonds. The predicted octanol–water partition coefficient (Wildman–Crippen LogP) is 3.93. The fourth-order valence-electron chi connectivity index (χ4n) is 2.27. The molecule has 0 bridgehead atoms. The van der Waals surface area contributed by atoms with Gasteiger partial charge >= 0.3 is 6.01 Å². The Labute approximate surface area is 160 Å². The molecule has 140 valence electrons. The number of nitrogens with zero attached hydrogens (tertiary/aromatic N) is 2. The molecule has 8 heteroatoms. The van der Waals surface area contributed by atoms with E-state index >= 15 is 0 Å². The van der Waals surface area contributed by atoms with Crippen molar-refractivity contribution < 1.29 is 18.3 Å². The van der Waals surface area contributed by atoms with Gasteiger partial charge in [0.25, 0.3) is 0 Å². The van der Waals surface area contributed by atoms with Crippen LogP contribution in [-0.4, -0.2) is 29.0 Å². The van der Waals surface area contributed by atoms with Crippen LogP contribution >= 0.6 is 11.8 Å². The maximum absolute atomic E-state index is 12.9. The summed E-state index contributed by atoms with van der Waals surface area (Å²) in [4.78, 5) is 13.1. The van der Waals surface area contributed by atoms with Crippen LogP contribution in [0.3, 0.4) is 0 Å². The van der Waals surface area contributed by atoms with Gasteiger partial charge in [-0.25, -0.2) is 4.39 Å². The van der Waals surface area contributed by atoms with Crippen molar-refractivity contribution in [1.29, 1.82) is 0 Å². The molecule has 2 aromatic carbocycles. The number of ether oxygens (including phenoxy) is 1. The Bertz CT molecular complexity index is 882. The van der Waals surface area contributed by atoms with Crippen molar-refractivity contribution in [2.24, 2.45) is 0 Å². The van der Waals surface area contributed by atoms with Crippen LogP contribution in [0.2, 0.25) is 0 Å². The number of hydrogen-bond donors (Lipinski definition) is 1. The first-order chi connectivity index (χ1) is 13.1. The number of carbonyl (C=O) groups is 1. The number of halogens is 1. The van der Waals surface area contributed by atoms with E-state index in [-0.39, 0.29) is 17.7 Å². The van der Waals surface area contributed by atoms with Crippen molar-refractivity contribution in [2.75, 3.05) is 18.2 Å². The van der Waals surface area contributed by atoms with Crippen LogP contribution < -0.4 is 10.1 Å². The smallest absolute Gasteiger partial charge is 0.322 e. The first-order valence-electron chi connectivity index (χ1n) is 8.26. The molecular weight excluding hydrogens is 369 g/mol. The number of thioether (sulfide) groups is 1. The Morgan fingerprint density at radius 1 is 1.15 bits per heavy atom. The fraction of sp³-hybridized carbons (Fsp3) is 0.211. The second kappa shape index (κ2) is 9.18. The molecule has 0 fully saturated rings. The molecule has 3 aromatic rings. The standard InChI is InChI=1S/C19H18FN3O3S/c1-25-15-6-8-16(9-7-15)27-11-10-17(24)21-19-23-22-18(26-19)12-13-2-4-14(20)5-3-13/h2-9H,10-12H2,1H3,(H,21,23,24). The number of nitrogens with one attached hydrogen (secondary N) is 1. The summed E-state index contributed by atoms with van der Waals surface area (Å²) in [5.41, 5.74) is 0.841. The van der Waals surface area contributed by atoms with Crippen molar-refractivity contribution in [3.8, 4) is 5.75 Å². The van der Waals surface area contributed by atoms with Gasteiger partial charge in [0.05, 0.1) is 13.5 Å². The molecule has 0 saturated carbocycles. The molecular formula is C19H18FN3O3S. The van der Waals surface area contributed by atoms with Gasteiger partial charge in [-0.2, -0.15) is 0 Å². The summed E-state index contributed by atoms with van der Waals surface area (Å²) < 4.78 is 23.4. The summed E-state index contributed by atoms with van der Waals surface area (Å²) in [5, 5.41) is 10.3. The highest BCUT2D eigenvalue weighted by Gasteiger charge is 2.10. The molecule has 27 heavy (non-hydrogen) atoms. The lowest BCUT2D eigenvalue weighted by Gasteiger charge is -2.03. The summed E-state index contributed by atoms with van der Waals surface area (Å²) in [6.45, 7) is 0. The third kappa shape index (κ3) is 5.82. The van der Waals surface area contributed by atoms with E-state index in [0.717, 1.165) is 16.2 Å². The van der Waals surface area contributed by atoms with E-state index in [1.165, 1.54) is 12.1 Å². The molecule has 0 unspecified atom stereocenters. The van der Waals surface area contributed by atoms with Gasteiger partial charge in [-0.05, 0) is 42.0 Å². The Hall–Kier alpha value is -2.87. The summed E-state index contributed by atoms with van der Waals surface area (Å²) in [7, 11) is 1.62. The predicted molar refractivity (Wildman–Crippen MR) is 100 cm³/mol. The molecule has 1 heterocycles. The van der Waals surface area contributed by atoms with E-state index < -0.39 is 0 Å². The number of anilines is 1. The number of hydrogen-bond acceptors (Lipinski definition) is 6. The average Bonchev–Trinajstić information content (AvgIpc) is 3.11. The van der Waals surface area contributed by atoms with Gasteiger partial charge in [-0.1, -0.05) is 17.2 Å². The maximum atomic E-state index is 12.9. The van der Waals surface area contributed by atoms with Gasteiger partial charge in [-0.15, -0.1) is 16.9 Å². The van der Waals surface area contributed by atoms with Crippen LogP contribution in [0.4, 0.5) is 10.4 Å². The Morgan fingerprint density at radius 3 is 2.59 bits per heavy atom. The third-order valence-electron chi connectivity index (χ3n) is 3.64. The zero-order chi connectivity index (χ0) is 19.1. The van der Waals surface area contributed by atoms with E-state index in [0.29, 0.717) is 24.5 Å². The van der Waals surface area contributed by atoms with Crippen molar-refractivity contribution in [3.05, 3.63) is 65.8 Å². The first kappa shape index (κ1) is 18.9. The van der Waals surface area contributed by atoms with Gasteiger partial charge in [0.1, 0.15) is 11.6 Å². The van der Waals surface area contributed by atoms with Gasteiger partial charge in [0, 0.05) is 17.1 Å². The largest absolute Gasteiger partial charge is 0.497 e. The topological polar surface area (TPSA) is 77.2 Å². The van der Waals surface area contributed by atoms with Gasteiger partial charge in [0.2, 0.25) is 11.8 Å². The maximum Gasteiger partial charge on any atom is 0.322 e. The van der Waals surface area contributed by atoms with Crippen molar-refractivity contribution in [1.82, 2.24) is 10.2 Å². The monoisotopic (exact) mass is 387 g/mol. The molecule has 0 saturated heterocycles. The summed E-state index contributed by atoms with van der Waals surface area (Å²) >= 11 is 1.57. The number of amides is 1. The highest BCUT2D eigenvalue weighted by Crippen LogP contribution is 2.22. The lowest BCUT2D eigenvalue weighted by Crippen LogP contribution is -2.12. The Balaban J connectivity index is 1.43. The van der Waals surface area contributed by atoms with Crippen molar-refractivity contribution in [3.63, 3.8) is 0 Å². The third-order valence-corrected chi connectivity index (χ3v) is 4.65. The number of methoxy groups -OCH3 is 1. The first-order valence-corrected chi connectivity index (χ1v) is 9.24. The quantitative estimate of drug-likeness (QED) is 0.590. The van der Waals surface area contributed by atoms with Crippen LogP contribution in [0.15, 0.2) is 57.8 Å². The highest BCUT2D eigenvalue weighted by atomic mass is 32.2. The minimum Gasteiger partial charge on any atom is -0.497 e. The fourth-order valence-corrected chi connectivity index (χ4v) is 3.12. The highest BCUT2D eigenvalue weighted by molar-refractivity contribution is 7.99. The molecule has 0 aliphatic heterocycles. The van der Waals surface area contributed by atoms with E-state index in [4.69, 9.17) is 9.15 Å². The van der Waals surface area contributed by atoms with E-state index in [2.05, 4.69) is 15.5 Å². The molecule has 0 aliphatic rings. The van der Waals surface area contributed by atoms with Gasteiger partial charge in [0.15, 0.2) is 0 Å². The SMILES string of the molecule is COc1ccc(SCCC(=O)Nc2nnc(Cc3ccc(F)cc3)o2)cc1. The Kier molecular flexibility index (Phi) is 6.43. The van der Waals surface area contributed by atoms with Crippen LogP contribution in [0, 0.1) is 5.82 Å². The second-order valence-corrected chi connectivity index (χ2v) is 6.79. The lowest BCUT2D eigenvalue weighted by molar-refractivity contribution is -0.115. The van der Waals surface area contributed by atoms with E-state index in [9.17, 15) is 9.18 Å². The number of rotatable bonds is 8. The molecule has 3 rings (SSSR count).